The van der Waals surface area contributed by atoms with Gasteiger partial charge in [0.1, 0.15) is 11.5 Å². The van der Waals surface area contributed by atoms with Crippen LogP contribution >= 0.6 is 0 Å². The number of methoxy groups -OCH3 is 1. The summed E-state index contributed by atoms with van der Waals surface area (Å²) in [5, 5.41) is 9.38. The summed E-state index contributed by atoms with van der Waals surface area (Å²) in [5.41, 5.74) is 2.85. The van der Waals surface area contributed by atoms with Gasteiger partial charge in [0.05, 0.1) is 13.3 Å². The molecule has 122 valence electrons. The van der Waals surface area contributed by atoms with Crippen molar-refractivity contribution < 1.29 is 14.3 Å². The van der Waals surface area contributed by atoms with E-state index in [9.17, 15) is 4.79 Å². The average molecular weight is 323 g/mol. The van der Waals surface area contributed by atoms with Crippen LogP contribution in [0.5, 0.6) is 11.5 Å². The Labute approximate surface area is 139 Å². The first-order chi connectivity index (χ1) is 11.8. The van der Waals surface area contributed by atoms with Crippen molar-refractivity contribution in [1.29, 1.82) is 0 Å². The van der Waals surface area contributed by atoms with E-state index in [0.717, 1.165) is 22.4 Å². The third-order valence-corrected chi connectivity index (χ3v) is 3.51. The Balaban J connectivity index is 1.57. The number of H-pyrrole nitrogens is 1. The van der Waals surface area contributed by atoms with Gasteiger partial charge < -0.3 is 14.8 Å². The number of hydrogen-bond donors (Lipinski definition) is 2. The van der Waals surface area contributed by atoms with Gasteiger partial charge in [0.25, 0.3) is 0 Å². The number of rotatable bonds is 5. The maximum atomic E-state index is 11.9. The minimum Gasteiger partial charge on any atom is -0.496 e. The Kier molecular flexibility index (Phi) is 4.76. The van der Waals surface area contributed by atoms with E-state index in [4.69, 9.17) is 9.47 Å². The molecule has 0 saturated heterocycles. The zero-order valence-corrected chi connectivity index (χ0v) is 13.2. The Hall–Kier alpha value is -3.28. The number of amides is 1. The summed E-state index contributed by atoms with van der Waals surface area (Å²) in [5.74, 6) is 1.20. The van der Waals surface area contributed by atoms with Crippen LogP contribution in [0.3, 0.4) is 0 Å². The van der Waals surface area contributed by atoms with E-state index in [-0.39, 0.29) is 0 Å². The van der Waals surface area contributed by atoms with Gasteiger partial charge in [-0.05, 0) is 23.8 Å². The molecular formula is C18H17N3O3. The topological polar surface area (TPSA) is 76.2 Å². The molecule has 0 fully saturated rings. The molecule has 0 aliphatic rings. The predicted molar refractivity (Wildman–Crippen MR) is 89.9 cm³/mol. The first kappa shape index (κ1) is 15.6. The van der Waals surface area contributed by atoms with Gasteiger partial charge in [-0.25, -0.2) is 4.79 Å². The Bertz CT molecular complexity index is 799. The number of para-hydroxylation sites is 1. The molecule has 6 nitrogen and oxygen atoms in total. The summed E-state index contributed by atoms with van der Waals surface area (Å²) in [6, 6.07) is 14.7. The third kappa shape index (κ3) is 3.73. The van der Waals surface area contributed by atoms with E-state index in [1.54, 1.807) is 31.6 Å². The first-order valence-corrected chi connectivity index (χ1v) is 7.43. The molecule has 0 radical (unpaired) electrons. The molecule has 1 aromatic heterocycles. The van der Waals surface area contributed by atoms with Crippen LogP contribution in [0.1, 0.15) is 5.56 Å². The molecule has 3 aromatic rings. The van der Waals surface area contributed by atoms with Crippen LogP contribution in [-0.2, 0) is 6.54 Å². The van der Waals surface area contributed by atoms with Gasteiger partial charge in [0.2, 0.25) is 0 Å². The Morgan fingerprint density at radius 2 is 1.92 bits per heavy atom. The van der Waals surface area contributed by atoms with Gasteiger partial charge in [-0.15, -0.1) is 0 Å². The number of aromatic nitrogens is 2. The summed E-state index contributed by atoms with van der Waals surface area (Å²) in [7, 11) is 1.60. The highest BCUT2D eigenvalue weighted by atomic mass is 16.6. The fourth-order valence-corrected chi connectivity index (χ4v) is 2.28. The van der Waals surface area contributed by atoms with E-state index in [1.165, 1.54) is 0 Å². The molecule has 2 N–H and O–H groups in total. The van der Waals surface area contributed by atoms with Crippen molar-refractivity contribution in [2.75, 3.05) is 7.11 Å². The first-order valence-electron chi connectivity index (χ1n) is 7.43. The summed E-state index contributed by atoms with van der Waals surface area (Å²) >= 11 is 0. The number of carbonyl (C=O) groups excluding carboxylic acids is 1. The molecule has 6 heteroatoms. The lowest BCUT2D eigenvalue weighted by Crippen LogP contribution is -2.26. The van der Waals surface area contributed by atoms with Crippen molar-refractivity contribution in [3.05, 3.63) is 66.5 Å². The number of hydrogen-bond acceptors (Lipinski definition) is 4. The standard InChI is InChI=1S/C18H17N3O3/c1-23-17-5-3-2-4-14(17)10-19-18(22)24-16-8-6-13(7-9-16)15-11-20-21-12-15/h2-9,11-12H,10H2,1H3,(H,19,22)(H,20,21). The SMILES string of the molecule is COc1ccccc1CNC(=O)Oc1ccc(-c2cn[nH]c2)cc1. The number of nitrogens with zero attached hydrogens (tertiary/aromatic N) is 1. The minimum atomic E-state index is -0.517. The van der Waals surface area contributed by atoms with E-state index >= 15 is 0 Å². The molecule has 0 saturated carbocycles. The average Bonchev–Trinajstić information content (AvgIpc) is 3.15. The van der Waals surface area contributed by atoms with Crippen LogP contribution in [0.4, 0.5) is 4.79 Å². The second-order valence-electron chi connectivity index (χ2n) is 5.07. The van der Waals surface area contributed by atoms with Crippen molar-refractivity contribution >= 4 is 6.09 Å². The molecule has 24 heavy (non-hydrogen) atoms. The lowest BCUT2D eigenvalue weighted by molar-refractivity contribution is 0.200. The van der Waals surface area contributed by atoms with Gasteiger partial charge in [-0.3, -0.25) is 5.10 Å². The normalized spacial score (nSPS) is 10.2. The maximum absolute atomic E-state index is 11.9. The second-order valence-corrected chi connectivity index (χ2v) is 5.07. The smallest absolute Gasteiger partial charge is 0.412 e. The van der Waals surface area contributed by atoms with Crippen LogP contribution in [-0.4, -0.2) is 23.4 Å². The zero-order valence-electron chi connectivity index (χ0n) is 13.2. The van der Waals surface area contributed by atoms with E-state index < -0.39 is 6.09 Å². The number of nitrogens with one attached hydrogen (secondary N) is 2. The Morgan fingerprint density at radius 3 is 2.62 bits per heavy atom. The molecule has 0 spiro atoms. The Morgan fingerprint density at radius 1 is 1.12 bits per heavy atom. The van der Waals surface area contributed by atoms with Gasteiger partial charge in [0.15, 0.2) is 0 Å². The number of carbonyl (C=O) groups is 1. The van der Waals surface area contributed by atoms with Crippen LogP contribution in [0, 0.1) is 0 Å². The van der Waals surface area contributed by atoms with E-state index in [1.807, 2.05) is 36.4 Å². The highest BCUT2D eigenvalue weighted by Crippen LogP contribution is 2.21. The molecule has 0 unspecified atom stereocenters. The third-order valence-electron chi connectivity index (χ3n) is 3.51. The van der Waals surface area contributed by atoms with E-state index in [2.05, 4.69) is 15.5 Å². The van der Waals surface area contributed by atoms with Crippen molar-refractivity contribution in [2.24, 2.45) is 0 Å². The number of aromatic amines is 1. The maximum Gasteiger partial charge on any atom is 0.412 e. The quantitative estimate of drug-likeness (QED) is 0.755. The van der Waals surface area contributed by atoms with Crippen LogP contribution in [0.25, 0.3) is 11.1 Å². The van der Waals surface area contributed by atoms with Gasteiger partial charge in [-0.1, -0.05) is 30.3 Å². The molecule has 0 aliphatic heterocycles. The zero-order chi connectivity index (χ0) is 16.8. The molecule has 2 aromatic carbocycles. The lowest BCUT2D eigenvalue weighted by atomic mass is 10.1. The minimum absolute atomic E-state index is 0.329. The predicted octanol–water partition coefficient (Wildman–Crippen LogP) is 3.37. The molecular weight excluding hydrogens is 306 g/mol. The number of ether oxygens (including phenoxy) is 2. The molecule has 3 rings (SSSR count). The molecule has 0 aliphatic carbocycles. The second kappa shape index (κ2) is 7.32. The summed E-state index contributed by atoms with van der Waals surface area (Å²) < 4.78 is 10.5. The molecule has 0 bridgehead atoms. The largest absolute Gasteiger partial charge is 0.496 e. The van der Waals surface area contributed by atoms with Crippen molar-refractivity contribution in [3.63, 3.8) is 0 Å². The highest BCUT2D eigenvalue weighted by molar-refractivity contribution is 5.71. The van der Waals surface area contributed by atoms with Gasteiger partial charge in [-0.2, -0.15) is 5.10 Å². The van der Waals surface area contributed by atoms with Gasteiger partial charge in [0, 0.05) is 23.9 Å². The van der Waals surface area contributed by atoms with Crippen LogP contribution < -0.4 is 14.8 Å². The lowest BCUT2D eigenvalue weighted by Gasteiger charge is -2.10. The van der Waals surface area contributed by atoms with Crippen molar-refractivity contribution in [1.82, 2.24) is 15.5 Å². The van der Waals surface area contributed by atoms with Crippen molar-refractivity contribution in [2.45, 2.75) is 6.54 Å². The fraction of sp³-hybridized carbons (Fsp3) is 0.111. The van der Waals surface area contributed by atoms with E-state index in [0.29, 0.717) is 12.3 Å². The molecule has 1 amide bonds. The van der Waals surface area contributed by atoms with Crippen LogP contribution in [0.2, 0.25) is 0 Å². The fourth-order valence-electron chi connectivity index (χ4n) is 2.28. The number of benzene rings is 2. The van der Waals surface area contributed by atoms with Crippen molar-refractivity contribution in [3.8, 4) is 22.6 Å². The highest BCUT2D eigenvalue weighted by Gasteiger charge is 2.07. The summed E-state index contributed by atoms with van der Waals surface area (Å²) in [4.78, 5) is 11.9. The van der Waals surface area contributed by atoms with Gasteiger partial charge >= 0.3 is 6.09 Å². The monoisotopic (exact) mass is 323 g/mol. The van der Waals surface area contributed by atoms with Crippen LogP contribution in [0.15, 0.2) is 60.9 Å². The summed E-state index contributed by atoms with van der Waals surface area (Å²) in [6.45, 7) is 0.329. The molecule has 0 atom stereocenters. The molecule has 1 heterocycles. The summed E-state index contributed by atoms with van der Waals surface area (Å²) in [6.07, 6.45) is 3.02.